The molecule has 0 amide bonds. The molecule has 6 nitrogen and oxygen atoms in total. The van der Waals surface area contributed by atoms with E-state index >= 15 is 0 Å². The van der Waals surface area contributed by atoms with Crippen molar-refractivity contribution >= 4 is 24.5 Å². The second kappa shape index (κ2) is 7.47. The molecule has 1 aromatic carbocycles. The molecule has 1 atom stereocenters. The van der Waals surface area contributed by atoms with E-state index in [0.717, 1.165) is 5.56 Å². The molecule has 0 aliphatic carbocycles. The highest BCUT2D eigenvalue weighted by Crippen LogP contribution is 2.19. The van der Waals surface area contributed by atoms with Gasteiger partial charge in [-0.1, -0.05) is 22.3 Å². The lowest BCUT2D eigenvalue weighted by atomic mass is 9.97. The normalized spacial score (nSPS) is 11.6. The van der Waals surface area contributed by atoms with Gasteiger partial charge in [0.1, 0.15) is 5.41 Å². The number of benzene rings is 1. The second-order valence-corrected chi connectivity index (χ2v) is 6.86. The third-order valence-corrected chi connectivity index (χ3v) is 4.31. The summed E-state index contributed by atoms with van der Waals surface area (Å²) in [6.07, 6.45) is 0.225. The number of hydrogen-bond acceptors (Lipinski definition) is 4. The third kappa shape index (κ3) is 6.75. The molecule has 0 saturated heterocycles. The molecular formula is C12H18O6PS+. The standard InChI is InChI=1S/C7H8O3S.C5H9O3P/c1-6-2-4-7(5-3-6)11(8,9)10;1-5(2,3-9-8)4(6)7/h2-5H,1H3,(H,8,9,10);3H2,1-2H3,(H,6,7)/p+1. The predicted molar refractivity (Wildman–Crippen MR) is 76.3 cm³/mol. The summed E-state index contributed by atoms with van der Waals surface area (Å²) >= 11 is 0. The zero-order valence-corrected chi connectivity index (χ0v) is 13.3. The highest BCUT2D eigenvalue weighted by atomic mass is 32.2. The summed E-state index contributed by atoms with van der Waals surface area (Å²) in [4.78, 5) is 10.2. The van der Waals surface area contributed by atoms with Crippen LogP contribution in [-0.4, -0.2) is 30.2 Å². The number of carboxylic acid groups (broad SMARTS) is 1. The molecular weight excluding hydrogens is 303 g/mol. The lowest BCUT2D eigenvalue weighted by molar-refractivity contribution is -0.145. The minimum atomic E-state index is -4.02. The van der Waals surface area contributed by atoms with Crippen molar-refractivity contribution in [2.24, 2.45) is 5.41 Å². The molecule has 0 heterocycles. The fraction of sp³-hybridized carbons (Fsp3) is 0.417. The average Bonchev–Trinajstić information content (AvgIpc) is 2.28. The topological polar surface area (TPSA) is 109 Å². The second-order valence-electron chi connectivity index (χ2n) is 4.80. The molecule has 0 saturated carbocycles. The van der Waals surface area contributed by atoms with Gasteiger partial charge in [-0.3, -0.25) is 9.35 Å². The van der Waals surface area contributed by atoms with E-state index in [1.165, 1.54) is 12.1 Å². The summed E-state index contributed by atoms with van der Waals surface area (Å²) in [7, 11) is -4.55. The zero-order chi connectivity index (χ0) is 16.0. The van der Waals surface area contributed by atoms with Crippen LogP contribution in [0.15, 0.2) is 29.2 Å². The fourth-order valence-electron chi connectivity index (χ4n) is 0.966. The van der Waals surface area contributed by atoms with Crippen molar-refractivity contribution in [3.8, 4) is 0 Å². The summed E-state index contributed by atoms with van der Waals surface area (Å²) in [6, 6.07) is 5.99. The number of rotatable bonds is 4. The maximum Gasteiger partial charge on any atom is 0.326 e. The molecule has 112 valence electrons. The molecule has 0 radical (unpaired) electrons. The quantitative estimate of drug-likeness (QED) is 0.651. The van der Waals surface area contributed by atoms with Crippen molar-refractivity contribution in [2.75, 3.05) is 6.16 Å². The summed E-state index contributed by atoms with van der Waals surface area (Å²) < 4.78 is 39.6. The summed E-state index contributed by atoms with van der Waals surface area (Å²) in [5.41, 5.74) is 0.123. The van der Waals surface area contributed by atoms with E-state index in [4.69, 9.17) is 9.66 Å². The molecule has 20 heavy (non-hydrogen) atoms. The minimum absolute atomic E-state index is 0.0666. The first-order chi connectivity index (χ1) is 9.00. The van der Waals surface area contributed by atoms with Gasteiger partial charge in [0.2, 0.25) is 0 Å². The van der Waals surface area contributed by atoms with Crippen LogP contribution in [0.1, 0.15) is 19.4 Å². The van der Waals surface area contributed by atoms with Gasteiger partial charge >= 0.3 is 14.4 Å². The van der Waals surface area contributed by atoms with Crippen LogP contribution in [0, 0.1) is 12.3 Å². The van der Waals surface area contributed by atoms with Crippen molar-refractivity contribution in [1.82, 2.24) is 0 Å². The Bertz CT molecular complexity index is 562. The van der Waals surface area contributed by atoms with Crippen molar-refractivity contribution in [2.45, 2.75) is 25.7 Å². The first kappa shape index (κ1) is 18.7. The van der Waals surface area contributed by atoms with E-state index in [2.05, 4.69) is 0 Å². The fourth-order valence-corrected chi connectivity index (χ4v) is 1.96. The number of aliphatic carboxylic acids is 1. The highest BCUT2D eigenvalue weighted by molar-refractivity contribution is 7.85. The van der Waals surface area contributed by atoms with E-state index in [0.29, 0.717) is 0 Å². The Morgan fingerprint density at radius 2 is 1.70 bits per heavy atom. The van der Waals surface area contributed by atoms with Gasteiger partial charge in [0.25, 0.3) is 10.1 Å². The molecule has 1 aromatic rings. The van der Waals surface area contributed by atoms with Crippen LogP contribution < -0.4 is 0 Å². The van der Waals surface area contributed by atoms with Crippen molar-refractivity contribution < 1.29 is 27.4 Å². The molecule has 2 N–H and O–H groups in total. The SMILES string of the molecule is CC(C)(C[PH+]=O)C(=O)O.Cc1ccc(S(=O)(=O)O)cc1. The van der Waals surface area contributed by atoms with Crippen LogP contribution in [0.3, 0.4) is 0 Å². The van der Waals surface area contributed by atoms with Gasteiger partial charge in [0.05, 0.1) is 4.90 Å². The van der Waals surface area contributed by atoms with Crippen LogP contribution >= 0.6 is 8.46 Å². The summed E-state index contributed by atoms with van der Waals surface area (Å²) in [6.45, 7) is 4.95. The maximum absolute atomic E-state index is 10.5. The number of carbonyl (C=O) groups is 1. The zero-order valence-electron chi connectivity index (χ0n) is 11.5. The predicted octanol–water partition coefficient (Wildman–Crippen LogP) is 2.36. The molecule has 0 bridgehead atoms. The van der Waals surface area contributed by atoms with Gasteiger partial charge in [-0.25, -0.2) is 0 Å². The van der Waals surface area contributed by atoms with Gasteiger partial charge in [0, 0.05) is 0 Å². The van der Waals surface area contributed by atoms with E-state index in [1.807, 2.05) is 6.92 Å². The molecule has 1 unspecified atom stereocenters. The van der Waals surface area contributed by atoms with Gasteiger partial charge in [-0.2, -0.15) is 8.42 Å². The molecule has 0 aliphatic heterocycles. The maximum atomic E-state index is 10.5. The van der Waals surface area contributed by atoms with Gasteiger partial charge in [-0.15, -0.1) is 0 Å². The van der Waals surface area contributed by atoms with Gasteiger partial charge in [0.15, 0.2) is 6.16 Å². The van der Waals surface area contributed by atoms with E-state index in [-0.39, 0.29) is 11.1 Å². The Labute approximate surface area is 119 Å². The molecule has 1 rings (SSSR count). The Morgan fingerprint density at radius 3 is 1.95 bits per heavy atom. The Hall–Kier alpha value is -1.30. The third-order valence-electron chi connectivity index (χ3n) is 2.41. The van der Waals surface area contributed by atoms with E-state index in [1.54, 1.807) is 26.0 Å². The first-order valence-corrected chi connectivity index (χ1v) is 8.19. The van der Waals surface area contributed by atoms with Crippen LogP contribution in [0.25, 0.3) is 0 Å². The molecule has 8 heteroatoms. The van der Waals surface area contributed by atoms with Crippen LogP contribution in [0.2, 0.25) is 0 Å². The average molecular weight is 321 g/mol. The lowest BCUT2D eigenvalue weighted by Gasteiger charge is -2.09. The minimum Gasteiger partial charge on any atom is -0.481 e. The van der Waals surface area contributed by atoms with Crippen LogP contribution in [0.5, 0.6) is 0 Å². The van der Waals surface area contributed by atoms with Crippen LogP contribution in [0.4, 0.5) is 0 Å². The molecule has 0 aliphatic rings. The number of aryl methyl sites for hydroxylation is 1. The van der Waals surface area contributed by atoms with Crippen molar-refractivity contribution in [3.63, 3.8) is 0 Å². The highest BCUT2D eigenvalue weighted by Gasteiger charge is 2.30. The summed E-state index contributed by atoms with van der Waals surface area (Å²) in [5.74, 6) is -0.897. The van der Waals surface area contributed by atoms with Gasteiger partial charge in [-0.05, 0) is 32.9 Å². The van der Waals surface area contributed by atoms with Crippen molar-refractivity contribution in [1.29, 1.82) is 0 Å². The van der Waals surface area contributed by atoms with Crippen LogP contribution in [-0.2, 0) is 19.5 Å². The molecule has 0 aromatic heterocycles. The monoisotopic (exact) mass is 321 g/mol. The Morgan fingerprint density at radius 1 is 1.25 bits per heavy atom. The summed E-state index contributed by atoms with van der Waals surface area (Å²) in [5, 5.41) is 8.44. The smallest absolute Gasteiger partial charge is 0.326 e. The number of hydrogen-bond donors (Lipinski definition) is 2. The number of carboxylic acids is 1. The molecule has 0 fully saturated rings. The van der Waals surface area contributed by atoms with E-state index < -0.39 is 30.0 Å². The largest absolute Gasteiger partial charge is 0.481 e. The van der Waals surface area contributed by atoms with Gasteiger partial charge < -0.3 is 5.11 Å². The Balaban J connectivity index is 0.000000370. The Kier molecular flexibility index (Phi) is 6.99. The lowest BCUT2D eigenvalue weighted by Crippen LogP contribution is -2.25. The van der Waals surface area contributed by atoms with E-state index in [9.17, 15) is 17.8 Å². The molecule has 0 spiro atoms. The first-order valence-electron chi connectivity index (χ1n) is 5.63. The van der Waals surface area contributed by atoms with Crippen molar-refractivity contribution in [3.05, 3.63) is 29.8 Å².